The highest BCUT2D eigenvalue weighted by atomic mass is 32.2. The van der Waals surface area contributed by atoms with Gasteiger partial charge in [0.2, 0.25) is 10.0 Å². The zero-order valence-electron chi connectivity index (χ0n) is 14.9. The lowest BCUT2D eigenvalue weighted by Crippen LogP contribution is -2.32. The van der Waals surface area contributed by atoms with Crippen molar-refractivity contribution in [3.05, 3.63) is 102 Å². The van der Waals surface area contributed by atoms with E-state index in [-0.39, 0.29) is 4.90 Å². The van der Waals surface area contributed by atoms with Crippen molar-refractivity contribution in [1.29, 1.82) is 5.26 Å². The van der Waals surface area contributed by atoms with Gasteiger partial charge in [0.25, 0.3) is 0 Å². The molecule has 4 nitrogen and oxygen atoms in total. The number of nitrogens with zero attached hydrogens (tertiary/aromatic N) is 1. The first-order chi connectivity index (χ1) is 13.0. The van der Waals surface area contributed by atoms with Gasteiger partial charge in [-0.2, -0.15) is 5.26 Å². The number of hydrogen-bond acceptors (Lipinski definition) is 3. The van der Waals surface area contributed by atoms with E-state index in [1.165, 1.54) is 0 Å². The molecule has 0 radical (unpaired) electrons. The van der Waals surface area contributed by atoms with Crippen molar-refractivity contribution >= 4 is 10.0 Å². The molecule has 3 aromatic rings. The molecular formula is C22H20N2O2S. The number of aryl methyl sites for hydroxylation is 1. The molecule has 136 valence electrons. The van der Waals surface area contributed by atoms with Gasteiger partial charge in [-0.05, 0) is 30.2 Å². The minimum absolute atomic E-state index is 0.179. The zero-order valence-corrected chi connectivity index (χ0v) is 15.7. The maximum Gasteiger partial charge on any atom is 0.241 e. The normalized spacial score (nSPS) is 13.5. The first-order valence-corrected chi connectivity index (χ1v) is 10.1. The van der Waals surface area contributed by atoms with E-state index in [0.717, 1.165) is 16.7 Å². The molecule has 0 spiro atoms. The third-order valence-corrected chi connectivity index (χ3v) is 5.86. The van der Waals surface area contributed by atoms with Gasteiger partial charge in [0.1, 0.15) is 0 Å². The van der Waals surface area contributed by atoms with E-state index in [1.54, 1.807) is 24.3 Å². The van der Waals surface area contributed by atoms with E-state index in [9.17, 15) is 13.7 Å². The van der Waals surface area contributed by atoms with Crippen LogP contribution in [-0.2, 0) is 10.0 Å². The largest absolute Gasteiger partial charge is 0.241 e. The van der Waals surface area contributed by atoms with Crippen molar-refractivity contribution in [2.24, 2.45) is 0 Å². The maximum absolute atomic E-state index is 13.0. The van der Waals surface area contributed by atoms with Crippen molar-refractivity contribution in [2.75, 3.05) is 0 Å². The molecule has 0 aliphatic rings. The SMILES string of the molecule is Cc1ccc(S(=O)(=O)N[C@@H](c2ccccc2)[C@H](C#N)c2ccccc2)cc1. The number of rotatable bonds is 6. The molecule has 3 aromatic carbocycles. The standard InChI is InChI=1S/C22H20N2O2S/c1-17-12-14-20(15-13-17)27(25,26)24-22(19-10-6-3-7-11-19)21(16-23)18-8-4-2-5-9-18/h2-15,21-22,24H,1H3/t21-,22+/m1/s1. The third-order valence-electron chi connectivity index (χ3n) is 4.40. The Labute approximate surface area is 160 Å². The Bertz CT molecular complexity index is 1030. The fourth-order valence-corrected chi connectivity index (χ4v) is 4.18. The van der Waals surface area contributed by atoms with Crippen LogP contribution in [0.2, 0.25) is 0 Å². The number of sulfonamides is 1. The van der Waals surface area contributed by atoms with Crippen LogP contribution in [0.1, 0.15) is 28.7 Å². The summed E-state index contributed by atoms with van der Waals surface area (Å²) in [7, 11) is -3.79. The number of benzene rings is 3. The maximum atomic E-state index is 13.0. The van der Waals surface area contributed by atoms with Crippen LogP contribution in [0.3, 0.4) is 0 Å². The summed E-state index contributed by atoms with van der Waals surface area (Å²) < 4.78 is 28.7. The van der Waals surface area contributed by atoms with Crippen LogP contribution in [0, 0.1) is 18.3 Å². The minimum Gasteiger partial charge on any atom is -0.207 e. The topological polar surface area (TPSA) is 70.0 Å². The minimum atomic E-state index is -3.79. The van der Waals surface area contributed by atoms with Crippen molar-refractivity contribution in [3.63, 3.8) is 0 Å². The molecule has 0 amide bonds. The molecule has 27 heavy (non-hydrogen) atoms. The first kappa shape index (κ1) is 18.8. The van der Waals surface area contributed by atoms with E-state index in [4.69, 9.17) is 0 Å². The molecule has 0 aromatic heterocycles. The van der Waals surface area contributed by atoms with Crippen LogP contribution in [0.5, 0.6) is 0 Å². The number of nitrogens with one attached hydrogen (secondary N) is 1. The van der Waals surface area contributed by atoms with Crippen LogP contribution in [-0.4, -0.2) is 8.42 Å². The highest BCUT2D eigenvalue weighted by molar-refractivity contribution is 7.89. The summed E-state index contributed by atoms with van der Waals surface area (Å²) in [6, 6.07) is 26.6. The van der Waals surface area contributed by atoms with Gasteiger partial charge in [-0.3, -0.25) is 0 Å². The second-order valence-electron chi connectivity index (χ2n) is 6.34. The summed E-state index contributed by atoms with van der Waals surface area (Å²) >= 11 is 0. The monoisotopic (exact) mass is 376 g/mol. The van der Waals surface area contributed by atoms with Gasteiger partial charge in [-0.25, -0.2) is 13.1 Å². The van der Waals surface area contributed by atoms with Gasteiger partial charge >= 0.3 is 0 Å². The fourth-order valence-electron chi connectivity index (χ4n) is 2.94. The molecule has 0 aliphatic carbocycles. The Kier molecular flexibility index (Phi) is 5.70. The summed E-state index contributed by atoms with van der Waals surface area (Å²) in [6.07, 6.45) is 0. The molecule has 0 saturated carbocycles. The van der Waals surface area contributed by atoms with E-state index in [1.807, 2.05) is 67.6 Å². The number of hydrogen-bond donors (Lipinski definition) is 1. The Hall–Kier alpha value is -2.94. The third kappa shape index (κ3) is 4.43. The highest BCUT2D eigenvalue weighted by Crippen LogP contribution is 2.32. The lowest BCUT2D eigenvalue weighted by Gasteiger charge is -2.24. The van der Waals surface area contributed by atoms with Crippen LogP contribution in [0.4, 0.5) is 0 Å². The van der Waals surface area contributed by atoms with Gasteiger partial charge in [-0.1, -0.05) is 78.4 Å². The fraction of sp³-hybridized carbons (Fsp3) is 0.136. The lowest BCUT2D eigenvalue weighted by atomic mass is 9.89. The Balaban J connectivity index is 2.03. The summed E-state index contributed by atoms with van der Waals surface area (Å²) in [5.41, 5.74) is 2.48. The van der Waals surface area contributed by atoms with Crippen LogP contribution in [0.25, 0.3) is 0 Å². The summed E-state index contributed by atoms with van der Waals surface area (Å²) in [6.45, 7) is 1.90. The second-order valence-corrected chi connectivity index (χ2v) is 8.05. The lowest BCUT2D eigenvalue weighted by molar-refractivity contribution is 0.539. The summed E-state index contributed by atoms with van der Waals surface area (Å²) in [5.74, 6) is -0.658. The molecule has 3 rings (SSSR count). The summed E-state index contributed by atoms with van der Waals surface area (Å²) in [5, 5.41) is 9.83. The Morgan fingerprint density at radius 2 is 1.33 bits per heavy atom. The molecule has 1 N–H and O–H groups in total. The summed E-state index contributed by atoms with van der Waals surface area (Å²) in [4.78, 5) is 0.179. The molecule has 0 heterocycles. The van der Waals surface area contributed by atoms with Gasteiger partial charge in [-0.15, -0.1) is 0 Å². The molecular weight excluding hydrogens is 356 g/mol. The predicted octanol–water partition coefficient (Wildman–Crippen LogP) is 4.32. The van der Waals surface area contributed by atoms with Crippen molar-refractivity contribution in [2.45, 2.75) is 23.8 Å². The highest BCUT2D eigenvalue weighted by Gasteiger charge is 2.29. The molecule has 0 unspecified atom stereocenters. The first-order valence-electron chi connectivity index (χ1n) is 8.60. The second kappa shape index (κ2) is 8.17. The van der Waals surface area contributed by atoms with Crippen molar-refractivity contribution < 1.29 is 8.42 Å². The average Bonchev–Trinajstić information content (AvgIpc) is 2.69. The molecule has 2 atom stereocenters. The molecule has 0 aliphatic heterocycles. The average molecular weight is 376 g/mol. The zero-order chi connectivity index (χ0) is 19.3. The van der Waals surface area contributed by atoms with Gasteiger partial charge in [0.15, 0.2) is 0 Å². The van der Waals surface area contributed by atoms with E-state index in [0.29, 0.717) is 0 Å². The Morgan fingerprint density at radius 1 is 0.815 bits per heavy atom. The van der Waals surface area contributed by atoms with Gasteiger partial charge in [0, 0.05) is 0 Å². The van der Waals surface area contributed by atoms with Gasteiger partial charge < -0.3 is 0 Å². The number of nitriles is 1. The van der Waals surface area contributed by atoms with E-state index < -0.39 is 22.0 Å². The smallest absolute Gasteiger partial charge is 0.207 e. The van der Waals surface area contributed by atoms with Crippen LogP contribution < -0.4 is 4.72 Å². The van der Waals surface area contributed by atoms with Gasteiger partial charge in [0.05, 0.1) is 22.9 Å². The quantitative estimate of drug-likeness (QED) is 0.696. The van der Waals surface area contributed by atoms with Crippen molar-refractivity contribution in [3.8, 4) is 6.07 Å². The predicted molar refractivity (Wildman–Crippen MR) is 105 cm³/mol. The molecule has 5 heteroatoms. The van der Waals surface area contributed by atoms with E-state index >= 15 is 0 Å². The molecule has 0 bridgehead atoms. The Morgan fingerprint density at radius 3 is 1.85 bits per heavy atom. The van der Waals surface area contributed by atoms with Crippen LogP contribution in [0.15, 0.2) is 89.8 Å². The van der Waals surface area contributed by atoms with Crippen LogP contribution >= 0.6 is 0 Å². The molecule has 0 saturated heterocycles. The van der Waals surface area contributed by atoms with Crippen molar-refractivity contribution in [1.82, 2.24) is 4.72 Å². The molecule has 0 fully saturated rings. The van der Waals surface area contributed by atoms with E-state index in [2.05, 4.69) is 10.8 Å².